The van der Waals surface area contributed by atoms with Crippen molar-refractivity contribution in [1.29, 1.82) is 0 Å². The molecule has 0 spiro atoms. The molecule has 3 rings (SSSR count). The number of benzene rings is 2. The average Bonchev–Trinajstić information content (AvgIpc) is 3.19. The Morgan fingerprint density at radius 1 is 1.03 bits per heavy atom. The SMILES string of the molecule is CCCCN(Cc1cccn1Cc1ccccc1C)C(=O)[C@@H](Cl)c1ccccc1. The summed E-state index contributed by atoms with van der Waals surface area (Å²) >= 11 is 6.56. The van der Waals surface area contributed by atoms with Crippen molar-refractivity contribution in [3.05, 3.63) is 95.3 Å². The van der Waals surface area contributed by atoms with Crippen LogP contribution >= 0.6 is 11.6 Å². The molecule has 0 aliphatic carbocycles. The van der Waals surface area contributed by atoms with Gasteiger partial charge in [0.15, 0.2) is 0 Å². The molecule has 3 aromatic rings. The van der Waals surface area contributed by atoms with Crippen LogP contribution in [-0.2, 0) is 17.9 Å². The van der Waals surface area contributed by atoms with E-state index in [0.29, 0.717) is 13.1 Å². The first kappa shape index (κ1) is 21.2. The molecule has 1 atom stereocenters. The van der Waals surface area contributed by atoms with E-state index in [2.05, 4.69) is 54.9 Å². The van der Waals surface area contributed by atoms with Gasteiger partial charge in [0.1, 0.15) is 5.38 Å². The smallest absolute Gasteiger partial charge is 0.245 e. The van der Waals surface area contributed by atoms with E-state index in [4.69, 9.17) is 11.6 Å². The fraction of sp³-hybridized carbons (Fsp3) is 0.320. The molecule has 0 saturated carbocycles. The normalized spacial score (nSPS) is 12.0. The van der Waals surface area contributed by atoms with Crippen LogP contribution < -0.4 is 0 Å². The molecule has 0 aliphatic rings. The van der Waals surface area contributed by atoms with Gasteiger partial charge in [0.05, 0.1) is 6.54 Å². The van der Waals surface area contributed by atoms with Gasteiger partial charge in [-0.25, -0.2) is 0 Å². The second kappa shape index (κ2) is 10.3. The Hall–Kier alpha value is -2.52. The van der Waals surface area contributed by atoms with Gasteiger partial charge in [-0.05, 0) is 42.2 Å². The Morgan fingerprint density at radius 2 is 1.76 bits per heavy atom. The van der Waals surface area contributed by atoms with E-state index < -0.39 is 5.38 Å². The number of hydrogen-bond acceptors (Lipinski definition) is 1. The van der Waals surface area contributed by atoms with Gasteiger partial charge >= 0.3 is 0 Å². The second-order valence-corrected chi connectivity index (χ2v) is 7.88. The molecule has 0 fully saturated rings. The monoisotopic (exact) mass is 408 g/mol. The fourth-order valence-electron chi connectivity index (χ4n) is 3.45. The maximum atomic E-state index is 13.2. The van der Waals surface area contributed by atoms with Crippen LogP contribution in [0.5, 0.6) is 0 Å². The molecular weight excluding hydrogens is 380 g/mol. The molecular formula is C25H29ClN2O. The van der Waals surface area contributed by atoms with Crippen LogP contribution in [0.1, 0.15) is 47.5 Å². The fourth-order valence-corrected chi connectivity index (χ4v) is 3.74. The van der Waals surface area contributed by atoms with E-state index in [9.17, 15) is 4.79 Å². The van der Waals surface area contributed by atoms with Crippen LogP contribution in [0, 0.1) is 6.92 Å². The molecule has 0 radical (unpaired) electrons. The molecule has 1 aromatic heterocycles. The number of aromatic nitrogens is 1. The zero-order valence-corrected chi connectivity index (χ0v) is 18.0. The lowest BCUT2D eigenvalue weighted by Crippen LogP contribution is -2.34. The zero-order chi connectivity index (χ0) is 20.6. The highest BCUT2D eigenvalue weighted by Crippen LogP contribution is 2.24. The summed E-state index contributed by atoms with van der Waals surface area (Å²) in [5, 5.41) is -0.659. The number of carbonyl (C=O) groups is 1. The van der Waals surface area contributed by atoms with Crippen molar-refractivity contribution in [2.24, 2.45) is 0 Å². The van der Waals surface area contributed by atoms with Crippen LogP contribution in [0.3, 0.4) is 0 Å². The maximum absolute atomic E-state index is 13.2. The molecule has 1 heterocycles. The van der Waals surface area contributed by atoms with Crippen LogP contribution in [0.2, 0.25) is 0 Å². The molecule has 2 aromatic carbocycles. The quantitative estimate of drug-likeness (QED) is 0.401. The third-order valence-electron chi connectivity index (χ3n) is 5.28. The van der Waals surface area contributed by atoms with Crippen molar-refractivity contribution in [1.82, 2.24) is 9.47 Å². The Balaban J connectivity index is 1.78. The van der Waals surface area contributed by atoms with Gasteiger partial charge in [-0.1, -0.05) is 67.9 Å². The lowest BCUT2D eigenvalue weighted by Gasteiger charge is -2.26. The molecule has 4 heteroatoms. The number of amides is 1. The highest BCUT2D eigenvalue weighted by atomic mass is 35.5. The standard InChI is InChI=1S/C25H29ClN2O/c1-3-4-16-28(25(29)24(26)21-12-6-5-7-13-21)19-23-15-10-17-27(23)18-22-14-9-8-11-20(22)2/h5-15,17,24H,3-4,16,18-19H2,1-2H3/t24-/m0/s1. The molecule has 0 unspecified atom stereocenters. The number of aryl methyl sites for hydroxylation is 1. The third kappa shape index (κ3) is 5.51. The van der Waals surface area contributed by atoms with Crippen LogP contribution in [-0.4, -0.2) is 21.9 Å². The molecule has 152 valence electrons. The highest BCUT2D eigenvalue weighted by molar-refractivity contribution is 6.30. The summed E-state index contributed by atoms with van der Waals surface area (Å²) in [5.41, 5.74) is 4.53. The van der Waals surface area contributed by atoms with Gasteiger partial charge in [0.25, 0.3) is 0 Å². The first-order valence-corrected chi connectivity index (χ1v) is 10.7. The van der Waals surface area contributed by atoms with E-state index in [1.165, 1.54) is 11.1 Å². The lowest BCUT2D eigenvalue weighted by molar-refractivity contribution is -0.131. The lowest BCUT2D eigenvalue weighted by atomic mass is 10.1. The van der Waals surface area contributed by atoms with Crippen molar-refractivity contribution < 1.29 is 4.79 Å². The summed E-state index contributed by atoms with van der Waals surface area (Å²) in [6, 6.07) is 22.2. The van der Waals surface area contributed by atoms with Crippen LogP contribution in [0.4, 0.5) is 0 Å². The van der Waals surface area contributed by atoms with Crippen molar-refractivity contribution in [3.8, 4) is 0 Å². The van der Waals surface area contributed by atoms with Crippen molar-refractivity contribution in [3.63, 3.8) is 0 Å². The Bertz CT molecular complexity index is 919. The Labute approximate surface area is 178 Å². The van der Waals surface area contributed by atoms with Gasteiger partial charge < -0.3 is 9.47 Å². The highest BCUT2D eigenvalue weighted by Gasteiger charge is 2.24. The summed E-state index contributed by atoms with van der Waals surface area (Å²) in [5.74, 6) is -0.0324. The predicted octanol–water partition coefficient (Wildman–Crippen LogP) is 5.95. The molecule has 0 N–H and O–H groups in total. The summed E-state index contributed by atoms with van der Waals surface area (Å²) < 4.78 is 2.22. The number of rotatable bonds is 9. The van der Waals surface area contributed by atoms with Gasteiger partial charge in [0.2, 0.25) is 5.91 Å². The number of carbonyl (C=O) groups excluding carboxylic acids is 1. The van der Waals surface area contributed by atoms with Gasteiger partial charge in [-0.15, -0.1) is 11.6 Å². The first-order chi connectivity index (χ1) is 14.1. The van der Waals surface area contributed by atoms with Gasteiger partial charge in [0, 0.05) is 25.0 Å². The number of halogens is 1. The summed E-state index contributed by atoms with van der Waals surface area (Å²) in [6.45, 7) is 6.34. The van der Waals surface area contributed by atoms with E-state index in [1.54, 1.807) is 0 Å². The van der Waals surface area contributed by atoms with Gasteiger partial charge in [-0.3, -0.25) is 4.79 Å². The van der Waals surface area contributed by atoms with E-state index in [0.717, 1.165) is 30.6 Å². The van der Waals surface area contributed by atoms with Crippen LogP contribution in [0.25, 0.3) is 0 Å². The minimum atomic E-state index is -0.659. The third-order valence-corrected chi connectivity index (χ3v) is 5.72. The second-order valence-electron chi connectivity index (χ2n) is 7.44. The number of unbranched alkanes of at least 4 members (excludes halogenated alkanes) is 1. The first-order valence-electron chi connectivity index (χ1n) is 10.3. The maximum Gasteiger partial charge on any atom is 0.245 e. The minimum absolute atomic E-state index is 0.0324. The molecule has 0 aliphatic heterocycles. The number of hydrogen-bond donors (Lipinski definition) is 0. The summed E-state index contributed by atoms with van der Waals surface area (Å²) in [4.78, 5) is 15.1. The van der Waals surface area contributed by atoms with Crippen LogP contribution in [0.15, 0.2) is 72.9 Å². The zero-order valence-electron chi connectivity index (χ0n) is 17.2. The topological polar surface area (TPSA) is 25.2 Å². The van der Waals surface area contributed by atoms with E-state index in [1.807, 2.05) is 41.3 Å². The largest absolute Gasteiger partial charge is 0.345 e. The Morgan fingerprint density at radius 3 is 2.48 bits per heavy atom. The number of nitrogens with zero attached hydrogens (tertiary/aromatic N) is 2. The van der Waals surface area contributed by atoms with Crippen molar-refractivity contribution >= 4 is 17.5 Å². The average molecular weight is 409 g/mol. The minimum Gasteiger partial charge on any atom is -0.345 e. The predicted molar refractivity (Wildman–Crippen MR) is 120 cm³/mol. The van der Waals surface area contributed by atoms with Gasteiger partial charge in [-0.2, -0.15) is 0 Å². The van der Waals surface area contributed by atoms with Crippen molar-refractivity contribution in [2.45, 2.75) is 45.2 Å². The summed E-state index contributed by atoms with van der Waals surface area (Å²) in [6.07, 6.45) is 4.08. The van der Waals surface area contributed by atoms with E-state index in [-0.39, 0.29) is 5.91 Å². The molecule has 29 heavy (non-hydrogen) atoms. The number of alkyl halides is 1. The molecule has 0 saturated heterocycles. The Kier molecular flexibility index (Phi) is 7.54. The summed E-state index contributed by atoms with van der Waals surface area (Å²) in [7, 11) is 0. The van der Waals surface area contributed by atoms with E-state index >= 15 is 0 Å². The molecule has 1 amide bonds. The van der Waals surface area contributed by atoms with Crippen molar-refractivity contribution in [2.75, 3.05) is 6.54 Å². The molecule has 3 nitrogen and oxygen atoms in total. The molecule has 0 bridgehead atoms.